The Morgan fingerprint density at radius 1 is 1.33 bits per heavy atom. The van der Waals surface area contributed by atoms with Crippen molar-refractivity contribution in [3.8, 4) is 11.5 Å². The number of halogens is 1. The van der Waals surface area contributed by atoms with Crippen LogP contribution in [0.5, 0.6) is 11.5 Å². The molecule has 21 heavy (non-hydrogen) atoms. The Bertz CT molecular complexity index is 492. The zero-order chi connectivity index (χ0) is 16.0. The lowest BCUT2D eigenvalue weighted by Crippen LogP contribution is -2.35. The first kappa shape index (κ1) is 17.9. The summed E-state index contributed by atoms with van der Waals surface area (Å²) in [5, 5.41) is 4.00. The van der Waals surface area contributed by atoms with Crippen LogP contribution in [-0.2, 0) is 6.54 Å². The molecule has 0 radical (unpaired) electrons. The summed E-state index contributed by atoms with van der Waals surface area (Å²) in [5.41, 5.74) is 2.20. The van der Waals surface area contributed by atoms with Gasteiger partial charge in [0.05, 0.1) is 18.7 Å². The maximum absolute atomic E-state index is 6.32. The van der Waals surface area contributed by atoms with Crippen LogP contribution in [-0.4, -0.2) is 19.3 Å². The van der Waals surface area contributed by atoms with Gasteiger partial charge >= 0.3 is 0 Å². The lowest BCUT2D eigenvalue weighted by molar-refractivity contribution is 0.297. The van der Waals surface area contributed by atoms with Gasteiger partial charge in [-0.3, -0.25) is 0 Å². The number of benzene rings is 1. The van der Waals surface area contributed by atoms with E-state index >= 15 is 0 Å². The number of methoxy groups -OCH3 is 1. The Labute approximate surface area is 133 Å². The van der Waals surface area contributed by atoms with Crippen molar-refractivity contribution in [1.82, 2.24) is 5.32 Å². The van der Waals surface area contributed by atoms with E-state index in [0.717, 1.165) is 24.1 Å². The Morgan fingerprint density at radius 2 is 2.00 bits per heavy atom. The molecule has 4 heteroatoms. The third-order valence-electron chi connectivity index (χ3n) is 2.89. The van der Waals surface area contributed by atoms with Crippen molar-refractivity contribution in [1.29, 1.82) is 0 Å². The van der Waals surface area contributed by atoms with Gasteiger partial charge < -0.3 is 14.8 Å². The van der Waals surface area contributed by atoms with Crippen molar-refractivity contribution in [3.05, 3.63) is 34.9 Å². The standard InChI is InChI=1S/C17H26ClNO2/c1-12(2)7-8-21-16-14(18)9-13(10-15(16)20-6)11-19-17(3,4)5/h9-10,19H,1,7-8,11H2,2-6H3. The molecule has 0 aromatic heterocycles. The lowest BCUT2D eigenvalue weighted by atomic mass is 10.1. The fraction of sp³-hybridized carbons (Fsp3) is 0.529. The molecule has 0 bridgehead atoms. The quantitative estimate of drug-likeness (QED) is 0.748. The second kappa shape index (κ2) is 7.71. The zero-order valence-corrected chi connectivity index (χ0v) is 14.4. The van der Waals surface area contributed by atoms with Crippen LogP contribution in [0.3, 0.4) is 0 Å². The maximum Gasteiger partial charge on any atom is 0.179 e. The number of rotatable bonds is 7. The fourth-order valence-corrected chi connectivity index (χ4v) is 2.00. The van der Waals surface area contributed by atoms with Crippen molar-refractivity contribution in [3.63, 3.8) is 0 Å². The molecule has 0 saturated heterocycles. The normalized spacial score (nSPS) is 11.3. The van der Waals surface area contributed by atoms with Crippen LogP contribution in [0, 0.1) is 0 Å². The summed E-state index contributed by atoms with van der Waals surface area (Å²) >= 11 is 6.32. The predicted octanol–water partition coefficient (Wildman–Crippen LogP) is 4.58. The Kier molecular flexibility index (Phi) is 6.56. The molecule has 0 aliphatic heterocycles. The van der Waals surface area contributed by atoms with Gasteiger partial charge in [-0.2, -0.15) is 0 Å². The van der Waals surface area contributed by atoms with Crippen molar-refractivity contribution in [2.75, 3.05) is 13.7 Å². The summed E-state index contributed by atoms with van der Waals surface area (Å²) in [7, 11) is 1.62. The zero-order valence-electron chi connectivity index (χ0n) is 13.7. The minimum atomic E-state index is 0.0520. The molecule has 0 aliphatic carbocycles. The molecule has 3 nitrogen and oxygen atoms in total. The third kappa shape index (κ3) is 6.40. The lowest BCUT2D eigenvalue weighted by Gasteiger charge is -2.21. The van der Waals surface area contributed by atoms with E-state index in [4.69, 9.17) is 21.1 Å². The average Bonchev–Trinajstić information content (AvgIpc) is 2.37. The number of hydrogen-bond acceptors (Lipinski definition) is 3. The van der Waals surface area contributed by atoms with E-state index in [-0.39, 0.29) is 5.54 Å². The van der Waals surface area contributed by atoms with E-state index in [1.54, 1.807) is 7.11 Å². The molecule has 0 heterocycles. The predicted molar refractivity (Wildman–Crippen MR) is 89.5 cm³/mol. The summed E-state index contributed by atoms with van der Waals surface area (Å²) in [6.07, 6.45) is 0.798. The van der Waals surface area contributed by atoms with E-state index in [1.165, 1.54) is 0 Å². The van der Waals surface area contributed by atoms with Crippen molar-refractivity contribution < 1.29 is 9.47 Å². The van der Waals surface area contributed by atoms with Crippen LogP contribution in [0.4, 0.5) is 0 Å². The van der Waals surface area contributed by atoms with Crippen LogP contribution in [0.15, 0.2) is 24.3 Å². The smallest absolute Gasteiger partial charge is 0.179 e. The van der Waals surface area contributed by atoms with E-state index in [1.807, 2.05) is 19.1 Å². The van der Waals surface area contributed by atoms with Crippen LogP contribution in [0.25, 0.3) is 0 Å². The molecular formula is C17H26ClNO2. The molecule has 0 fully saturated rings. The molecule has 0 unspecified atom stereocenters. The van der Waals surface area contributed by atoms with Crippen LogP contribution in [0.1, 0.15) is 39.7 Å². The second-order valence-corrected chi connectivity index (χ2v) is 6.68. The fourth-order valence-electron chi connectivity index (χ4n) is 1.71. The summed E-state index contributed by atoms with van der Waals surface area (Å²) < 4.78 is 11.1. The van der Waals surface area contributed by atoms with Gasteiger partial charge in [-0.05, 0) is 45.4 Å². The molecule has 118 valence electrons. The Hall–Kier alpha value is -1.19. The minimum absolute atomic E-state index is 0.0520. The van der Waals surface area contributed by atoms with Crippen LogP contribution in [0.2, 0.25) is 5.02 Å². The first-order valence-electron chi connectivity index (χ1n) is 7.11. The number of hydrogen-bond donors (Lipinski definition) is 1. The molecule has 0 aliphatic rings. The van der Waals surface area contributed by atoms with E-state index in [9.17, 15) is 0 Å². The summed E-state index contributed by atoms with van der Waals surface area (Å²) in [6.45, 7) is 13.5. The van der Waals surface area contributed by atoms with Gasteiger partial charge in [0.25, 0.3) is 0 Å². The van der Waals surface area contributed by atoms with Crippen molar-refractivity contribution in [2.24, 2.45) is 0 Å². The molecule has 1 rings (SSSR count). The number of ether oxygens (including phenoxy) is 2. The number of nitrogens with one attached hydrogen (secondary N) is 1. The topological polar surface area (TPSA) is 30.5 Å². The molecule has 0 saturated carbocycles. The van der Waals surface area contributed by atoms with Crippen molar-refractivity contribution in [2.45, 2.75) is 46.2 Å². The molecule has 1 N–H and O–H groups in total. The highest BCUT2D eigenvalue weighted by atomic mass is 35.5. The SMILES string of the molecule is C=C(C)CCOc1c(Cl)cc(CNC(C)(C)C)cc1OC. The van der Waals surface area contributed by atoms with Crippen LogP contribution >= 0.6 is 11.6 Å². The minimum Gasteiger partial charge on any atom is -0.493 e. The van der Waals surface area contributed by atoms with Gasteiger partial charge in [-0.25, -0.2) is 0 Å². The molecule has 1 aromatic rings. The summed E-state index contributed by atoms with van der Waals surface area (Å²) in [6, 6.07) is 3.87. The highest BCUT2D eigenvalue weighted by molar-refractivity contribution is 6.32. The van der Waals surface area contributed by atoms with Crippen LogP contribution < -0.4 is 14.8 Å². The molecule has 1 aromatic carbocycles. The van der Waals surface area contributed by atoms with E-state index < -0.39 is 0 Å². The Balaban J connectivity index is 2.84. The molecular weight excluding hydrogens is 286 g/mol. The second-order valence-electron chi connectivity index (χ2n) is 6.27. The first-order valence-corrected chi connectivity index (χ1v) is 7.49. The van der Waals surface area contributed by atoms with Crippen molar-refractivity contribution >= 4 is 11.6 Å². The third-order valence-corrected chi connectivity index (χ3v) is 3.17. The van der Waals surface area contributed by atoms with Gasteiger partial charge in [0.15, 0.2) is 11.5 Å². The van der Waals surface area contributed by atoms with Gasteiger partial charge in [0, 0.05) is 18.5 Å². The summed E-state index contributed by atoms with van der Waals surface area (Å²) in [5.74, 6) is 1.26. The largest absolute Gasteiger partial charge is 0.493 e. The first-order chi connectivity index (χ1) is 9.73. The average molecular weight is 312 g/mol. The van der Waals surface area contributed by atoms with Gasteiger partial charge in [0.2, 0.25) is 0 Å². The molecule has 0 atom stereocenters. The molecule has 0 spiro atoms. The summed E-state index contributed by atoms with van der Waals surface area (Å²) in [4.78, 5) is 0. The molecule has 0 amide bonds. The van der Waals surface area contributed by atoms with Gasteiger partial charge in [-0.1, -0.05) is 17.2 Å². The highest BCUT2D eigenvalue weighted by Gasteiger charge is 2.14. The Morgan fingerprint density at radius 3 is 2.52 bits per heavy atom. The van der Waals surface area contributed by atoms with Gasteiger partial charge in [0.1, 0.15) is 0 Å². The van der Waals surface area contributed by atoms with E-state index in [2.05, 4.69) is 32.7 Å². The maximum atomic E-state index is 6.32. The van der Waals surface area contributed by atoms with Gasteiger partial charge in [-0.15, -0.1) is 6.58 Å². The highest BCUT2D eigenvalue weighted by Crippen LogP contribution is 2.36. The monoisotopic (exact) mass is 311 g/mol. The van der Waals surface area contributed by atoms with E-state index in [0.29, 0.717) is 23.1 Å².